The van der Waals surface area contributed by atoms with Crippen LogP contribution >= 0.6 is 24.0 Å². The average molecular weight is 504 g/mol. The smallest absolute Gasteiger partial charge is 0.370 e. The SMILES string of the molecule is CC(C)c1cccc(NC(N)=NCc2nnc3ccc(C(F)(F)F)cn23)c1.I. The van der Waals surface area contributed by atoms with Crippen LogP contribution in [-0.2, 0) is 12.7 Å². The predicted molar refractivity (Wildman–Crippen MR) is 113 cm³/mol. The van der Waals surface area contributed by atoms with Crippen molar-refractivity contribution >= 4 is 41.3 Å². The topological polar surface area (TPSA) is 80.6 Å². The van der Waals surface area contributed by atoms with Crippen molar-refractivity contribution in [3.8, 4) is 0 Å². The molecule has 0 radical (unpaired) electrons. The number of nitrogens with zero attached hydrogens (tertiary/aromatic N) is 4. The number of guanidine groups is 1. The van der Waals surface area contributed by atoms with Gasteiger partial charge >= 0.3 is 6.18 Å². The molecule has 0 fully saturated rings. The minimum absolute atomic E-state index is 0. The normalized spacial score (nSPS) is 12.3. The quantitative estimate of drug-likeness (QED) is 0.313. The van der Waals surface area contributed by atoms with E-state index < -0.39 is 11.7 Å². The molecule has 0 saturated heterocycles. The third-order valence-corrected chi connectivity index (χ3v) is 4.02. The van der Waals surface area contributed by atoms with Crippen LogP contribution in [0.25, 0.3) is 5.65 Å². The van der Waals surface area contributed by atoms with Gasteiger partial charge in [-0.1, -0.05) is 26.0 Å². The van der Waals surface area contributed by atoms with Crippen molar-refractivity contribution in [1.29, 1.82) is 0 Å². The number of hydrogen-bond acceptors (Lipinski definition) is 3. The second-order valence-electron chi connectivity index (χ2n) is 6.37. The minimum Gasteiger partial charge on any atom is -0.370 e. The number of benzene rings is 1. The van der Waals surface area contributed by atoms with E-state index in [1.807, 2.05) is 24.3 Å². The fourth-order valence-electron chi connectivity index (χ4n) is 2.53. The molecule has 10 heteroatoms. The van der Waals surface area contributed by atoms with Crippen LogP contribution in [0.15, 0.2) is 47.6 Å². The Morgan fingerprint density at radius 1 is 1.21 bits per heavy atom. The van der Waals surface area contributed by atoms with E-state index in [-0.39, 0.29) is 42.3 Å². The number of pyridine rings is 1. The highest BCUT2D eigenvalue weighted by Crippen LogP contribution is 2.29. The molecular weight excluding hydrogens is 484 g/mol. The Balaban J connectivity index is 0.00000280. The molecule has 0 aliphatic rings. The van der Waals surface area contributed by atoms with Crippen LogP contribution in [-0.4, -0.2) is 20.6 Å². The molecule has 6 nitrogen and oxygen atoms in total. The molecule has 3 N–H and O–H groups in total. The molecule has 0 amide bonds. The summed E-state index contributed by atoms with van der Waals surface area (Å²) in [6, 6.07) is 9.99. The summed E-state index contributed by atoms with van der Waals surface area (Å²) in [5.74, 6) is 0.770. The van der Waals surface area contributed by atoms with Gasteiger partial charge in [0.2, 0.25) is 0 Å². The summed E-state index contributed by atoms with van der Waals surface area (Å²) in [4.78, 5) is 4.16. The molecule has 0 bridgehead atoms. The summed E-state index contributed by atoms with van der Waals surface area (Å²) < 4.78 is 39.9. The van der Waals surface area contributed by atoms with Gasteiger partial charge in [0.15, 0.2) is 17.4 Å². The number of halogens is 4. The maximum absolute atomic E-state index is 12.9. The molecule has 0 unspecified atom stereocenters. The Morgan fingerprint density at radius 2 is 1.96 bits per heavy atom. The van der Waals surface area contributed by atoms with E-state index in [1.54, 1.807) is 0 Å². The Bertz CT molecular complexity index is 981. The van der Waals surface area contributed by atoms with Gasteiger partial charge < -0.3 is 11.1 Å². The van der Waals surface area contributed by atoms with Gasteiger partial charge in [-0.25, -0.2) is 4.99 Å². The van der Waals surface area contributed by atoms with Gasteiger partial charge in [-0.2, -0.15) is 13.2 Å². The van der Waals surface area contributed by atoms with Gasteiger partial charge in [0.25, 0.3) is 0 Å². The number of nitrogens with one attached hydrogen (secondary N) is 1. The van der Waals surface area contributed by atoms with E-state index in [2.05, 4.69) is 34.4 Å². The summed E-state index contributed by atoms with van der Waals surface area (Å²) >= 11 is 0. The highest BCUT2D eigenvalue weighted by Gasteiger charge is 2.31. The summed E-state index contributed by atoms with van der Waals surface area (Å²) in [5, 5.41) is 10.7. The van der Waals surface area contributed by atoms with Gasteiger partial charge in [-0.3, -0.25) is 4.40 Å². The van der Waals surface area contributed by atoms with Gasteiger partial charge in [0.05, 0.1) is 5.56 Å². The van der Waals surface area contributed by atoms with Crippen LogP contribution in [0, 0.1) is 0 Å². The lowest BCUT2D eigenvalue weighted by Crippen LogP contribution is -2.22. The van der Waals surface area contributed by atoms with Crippen molar-refractivity contribution in [1.82, 2.24) is 14.6 Å². The van der Waals surface area contributed by atoms with Gasteiger partial charge in [-0.15, -0.1) is 34.2 Å². The number of aliphatic imine (C=N–C) groups is 1. The lowest BCUT2D eigenvalue weighted by atomic mass is 10.0. The van der Waals surface area contributed by atoms with Gasteiger partial charge in [0, 0.05) is 11.9 Å². The predicted octanol–water partition coefficient (Wildman–Crippen LogP) is 4.42. The molecule has 3 aromatic rings. The second-order valence-corrected chi connectivity index (χ2v) is 6.37. The summed E-state index contributed by atoms with van der Waals surface area (Å²) in [5.41, 5.74) is 7.36. The zero-order valence-electron chi connectivity index (χ0n) is 15.2. The number of anilines is 1. The Hall–Kier alpha value is -2.37. The van der Waals surface area contributed by atoms with Crippen LogP contribution in [0.5, 0.6) is 0 Å². The van der Waals surface area contributed by atoms with Crippen molar-refractivity contribution in [3.05, 3.63) is 59.5 Å². The molecule has 150 valence electrons. The van der Waals surface area contributed by atoms with E-state index >= 15 is 0 Å². The number of nitrogens with two attached hydrogens (primary N) is 1. The van der Waals surface area contributed by atoms with Crippen LogP contribution in [0.1, 0.15) is 36.7 Å². The van der Waals surface area contributed by atoms with Crippen LogP contribution in [0.4, 0.5) is 18.9 Å². The third-order valence-electron chi connectivity index (χ3n) is 4.02. The van der Waals surface area contributed by atoms with Crippen LogP contribution in [0.3, 0.4) is 0 Å². The summed E-state index contributed by atoms with van der Waals surface area (Å²) in [7, 11) is 0. The first-order valence-corrected chi connectivity index (χ1v) is 8.32. The van der Waals surface area contributed by atoms with Crippen molar-refractivity contribution in [2.45, 2.75) is 32.5 Å². The molecule has 0 spiro atoms. The fourth-order valence-corrected chi connectivity index (χ4v) is 2.53. The molecular formula is C18H20F3IN6. The number of rotatable bonds is 4. The third kappa shape index (κ3) is 5.12. The molecule has 1 aromatic carbocycles. The highest BCUT2D eigenvalue weighted by atomic mass is 127. The largest absolute Gasteiger partial charge is 0.417 e. The average Bonchev–Trinajstić information content (AvgIpc) is 3.01. The first-order valence-electron chi connectivity index (χ1n) is 8.32. The fraction of sp³-hybridized carbons (Fsp3) is 0.278. The van der Waals surface area contributed by atoms with E-state index in [4.69, 9.17) is 5.73 Å². The first kappa shape index (κ1) is 21.9. The number of fused-ring (bicyclic) bond motifs is 1. The van der Waals surface area contributed by atoms with Crippen molar-refractivity contribution in [2.75, 3.05) is 5.32 Å². The van der Waals surface area contributed by atoms with Crippen molar-refractivity contribution < 1.29 is 13.2 Å². The number of alkyl halides is 3. The van der Waals surface area contributed by atoms with E-state index in [9.17, 15) is 13.2 Å². The molecule has 2 heterocycles. The number of aromatic nitrogens is 3. The Morgan fingerprint density at radius 3 is 2.64 bits per heavy atom. The Kier molecular flexibility index (Phi) is 6.86. The summed E-state index contributed by atoms with van der Waals surface area (Å²) in [6.07, 6.45) is -3.49. The van der Waals surface area contributed by atoms with Crippen molar-refractivity contribution in [3.63, 3.8) is 0 Å². The lowest BCUT2D eigenvalue weighted by Gasteiger charge is -2.10. The number of hydrogen-bond donors (Lipinski definition) is 2. The molecule has 0 saturated carbocycles. The van der Waals surface area contributed by atoms with E-state index in [0.29, 0.717) is 11.6 Å². The maximum atomic E-state index is 12.9. The van der Waals surface area contributed by atoms with Crippen LogP contribution in [0.2, 0.25) is 0 Å². The summed E-state index contributed by atoms with van der Waals surface area (Å²) in [6.45, 7) is 4.16. The zero-order valence-corrected chi connectivity index (χ0v) is 17.6. The molecule has 0 aliphatic heterocycles. The van der Waals surface area contributed by atoms with Gasteiger partial charge in [-0.05, 0) is 35.7 Å². The first-order chi connectivity index (χ1) is 12.7. The van der Waals surface area contributed by atoms with Crippen LogP contribution < -0.4 is 11.1 Å². The van der Waals surface area contributed by atoms with E-state index in [0.717, 1.165) is 23.5 Å². The van der Waals surface area contributed by atoms with Gasteiger partial charge in [0.1, 0.15) is 6.54 Å². The monoisotopic (exact) mass is 504 g/mol. The molecule has 2 aromatic heterocycles. The molecule has 0 aliphatic carbocycles. The molecule has 28 heavy (non-hydrogen) atoms. The van der Waals surface area contributed by atoms with E-state index in [1.165, 1.54) is 10.5 Å². The highest BCUT2D eigenvalue weighted by molar-refractivity contribution is 14.0. The second kappa shape index (κ2) is 8.76. The lowest BCUT2D eigenvalue weighted by molar-refractivity contribution is -0.137. The van der Waals surface area contributed by atoms with Crippen molar-refractivity contribution in [2.24, 2.45) is 10.7 Å². The molecule has 0 atom stereocenters. The minimum atomic E-state index is -4.44. The zero-order chi connectivity index (χ0) is 19.6. The standard InChI is InChI=1S/C18H19F3N6.HI/c1-11(2)12-4-3-5-14(8-12)24-17(22)23-9-16-26-25-15-7-6-13(10-27(15)16)18(19,20)21;/h3-8,10-11H,9H2,1-2H3,(H3,22,23,24);1H. The maximum Gasteiger partial charge on any atom is 0.417 e. The molecule has 3 rings (SSSR count). The Labute approximate surface area is 177 Å².